The Balaban J connectivity index is 1.85. The summed E-state index contributed by atoms with van der Waals surface area (Å²) in [5.74, 6) is -0.298. The minimum Gasteiger partial charge on any atom is -0.507 e. The largest absolute Gasteiger partial charge is 0.507 e. The van der Waals surface area contributed by atoms with Gasteiger partial charge in [-0.1, -0.05) is 0 Å². The van der Waals surface area contributed by atoms with Crippen molar-refractivity contribution in [1.29, 1.82) is 0 Å². The first kappa shape index (κ1) is 20.7. The number of phenolic OH excluding ortho intramolecular Hbond substituents is 1. The Kier molecular flexibility index (Phi) is 7.59. The Morgan fingerprint density at radius 3 is 2.56 bits per heavy atom. The van der Waals surface area contributed by atoms with Crippen LogP contribution in [0.1, 0.15) is 29.8 Å². The van der Waals surface area contributed by atoms with Gasteiger partial charge in [0, 0.05) is 5.56 Å². The summed E-state index contributed by atoms with van der Waals surface area (Å²) in [7, 11) is 0. The van der Waals surface area contributed by atoms with Gasteiger partial charge in [0.05, 0.1) is 15.9 Å². The predicted molar refractivity (Wildman–Crippen MR) is 109 cm³/mol. The molecule has 2 aromatic carbocycles. The Morgan fingerprint density at radius 2 is 1.93 bits per heavy atom. The van der Waals surface area contributed by atoms with E-state index in [0.29, 0.717) is 14.9 Å². The molecule has 1 amide bonds. The molecular weight excluding hydrogens is 463 g/mol. The lowest BCUT2D eigenvalue weighted by atomic mass is 10.2. The summed E-state index contributed by atoms with van der Waals surface area (Å²) < 4.78 is 11.0. The van der Waals surface area contributed by atoms with Gasteiger partial charge in [0.2, 0.25) is 0 Å². The van der Waals surface area contributed by atoms with Gasteiger partial charge in [-0.15, -0.1) is 0 Å². The number of hydrazone groups is 1. The van der Waals surface area contributed by atoms with Crippen LogP contribution in [-0.4, -0.2) is 35.9 Å². The van der Waals surface area contributed by atoms with E-state index in [2.05, 4.69) is 10.5 Å². The van der Waals surface area contributed by atoms with Gasteiger partial charge in [0.25, 0.3) is 5.91 Å². The lowest BCUT2D eigenvalue weighted by molar-refractivity contribution is -0.149. The molecule has 142 valence electrons. The Labute approximate surface area is 170 Å². The molecule has 0 saturated carbocycles. The van der Waals surface area contributed by atoms with E-state index in [9.17, 15) is 14.7 Å². The third-order valence-corrected chi connectivity index (χ3v) is 4.10. The predicted octanol–water partition coefficient (Wildman–Crippen LogP) is 3.09. The van der Waals surface area contributed by atoms with Crippen LogP contribution in [0.4, 0.5) is 0 Å². The quantitative estimate of drug-likeness (QED) is 0.274. The topological polar surface area (TPSA) is 97.2 Å². The summed E-state index contributed by atoms with van der Waals surface area (Å²) in [5.41, 5.74) is 3.43. The SMILES string of the molecule is CC(C)OC(=O)COc1ccc(/C=N\NC(=O)c2ccc(I)c(O)c2)cc1. The van der Waals surface area contributed by atoms with Crippen LogP contribution in [0.3, 0.4) is 0 Å². The van der Waals surface area contributed by atoms with Crippen molar-refractivity contribution in [3.05, 3.63) is 57.2 Å². The molecule has 0 bridgehead atoms. The second-order valence-electron chi connectivity index (χ2n) is 5.76. The average Bonchev–Trinajstić information content (AvgIpc) is 2.62. The highest BCUT2D eigenvalue weighted by Crippen LogP contribution is 2.20. The number of benzene rings is 2. The number of hydrogen-bond acceptors (Lipinski definition) is 6. The number of phenols is 1. The summed E-state index contributed by atoms with van der Waals surface area (Å²) >= 11 is 1.97. The molecule has 0 aliphatic carbocycles. The maximum atomic E-state index is 12.0. The number of carbonyl (C=O) groups excluding carboxylic acids is 2. The first-order valence-corrected chi connectivity index (χ1v) is 9.17. The highest BCUT2D eigenvalue weighted by molar-refractivity contribution is 14.1. The van der Waals surface area contributed by atoms with Crippen molar-refractivity contribution in [1.82, 2.24) is 5.43 Å². The molecule has 0 aromatic heterocycles. The first-order chi connectivity index (χ1) is 12.8. The number of ether oxygens (including phenoxy) is 2. The van der Waals surface area contributed by atoms with Crippen LogP contribution >= 0.6 is 22.6 Å². The fraction of sp³-hybridized carbons (Fsp3) is 0.211. The van der Waals surface area contributed by atoms with E-state index in [-0.39, 0.29) is 18.5 Å². The third kappa shape index (κ3) is 6.89. The zero-order valence-corrected chi connectivity index (χ0v) is 17.0. The second kappa shape index (κ2) is 9.91. The second-order valence-corrected chi connectivity index (χ2v) is 6.92. The normalized spacial score (nSPS) is 10.8. The number of hydrogen-bond donors (Lipinski definition) is 2. The molecule has 7 nitrogen and oxygen atoms in total. The molecule has 0 saturated heterocycles. The molecule has 27 heavy (non-hydrogen) atoms. The van der Waals surface area contributed by atoms with Crippen molar-refractivity contribution in [2.75, 3.05) is 6.61 Å². The van der Waals surface area contributed by atoms with Crippen LogP contribution in [-0.2, 0) is 9.53 Å². The summed E-state index contributed by atoms with van der Waals surface area (Å²) in [6, 6.07) is 11.5. The fourth-order valence-electron chi connectivity index (χ4n) is 1.97. The van der Waals surface area contributed by atoms with Gasteiger partial charge in [-0.3, -0.25) is 4.79 Å². The number of amides is 1. The number of aromatic hydroxyl groups is 1. The van der Waals surface area contributed by atoms with Gasteiger partial charge in [0.1, 0.15) is 11.5 Å². The van der Waals surface area contributed by atoms with E-state index in [1.807, 2.05) is 22.6 Å². The Hall–Kier alpha value is -2.62. The number of halogens is 1. The molecule has 0 unspecified atom stereocenters. The fourth-order valence-corrected chi connectivity index (χ4v) is 2.31. The molecule has 0 aliphatic rings. The molecule has 0 heterocycles. The summed E-state index contributed by atoms with van der Waals surface area (Å²) in [4.78, 5) is 23.4. The van der Waals surface area contributed by atoms with E-state index in [1.165, 1.54) is 12.3 Å². The summed E-state index contributed by atoms with van der Waals surface area (Å²) in [6.07, 6.45) is 1.29. The molecule has 0 aliphatic heterocycles. The molecule has 0 radical (unpaired) electrons. The average molecular weight is 482 g/mol. The van der Waals surface area contributed by atoms with Crippen LogP contribution in [0.2, 0.25) is 0 Å². The number of carbonyl (C=O) groups is 2. The standard InChI is InChI=1S/C19H19IN2O5/c1-12(2)27-18(24)11-26-15-6-3-13(4-7-15)10-21-22-19(25)14-5-8-16(20)17(23)9-14/h3-10,12,23H,11H2,1-2H3,(H,22,25)/b21-10-. The minimum absolute atomic E-state index is 0.0418. The van der Waals surface area contributed by atoms with E-state index < -0.39 is 11.9 Å². The van der Waals surface area contributed by atoms with Crippen molar-refractivity contribution in [2.45, 2.75) is 20.0 Å². The van der Waals surface area contributed by atoms with Gasteiger partial charge in [0.15, 0.2) is 6.61 Å². The lowest BCUT2D eigenvalue weighted by Gasteiger charge is -2.09. The molecule has 2 aromatic rings. The molecule has 0 fully saturated rings. The maximum Gasteiger partial charge on any atom is 0.344 e. The van der Waals surface area contributed by atoms with Crippen molar-refractivity contribution in [3.63, 3.8) is 0 Å². The maximum absolute atomic E-state index is 12.0. The van der Waals surface area contributed by atoms with Crippen LogP contribution in [0.5, 0.6) is 11.5 Å². The number of esters is 1. The van der Waals surface area contributed by atoms with Gasteiger partial charge in [-0.05, 0) is 84.5 Å². The third-order valence-electron chi connectivity index (χ3n) is 3.19. The molecule has 8 heteroatoms. The minimum atomic E-state index is -0.431. The first-order valence-electron chi connectivity index (χ1n) is 8.09. The van der Waals surface area contributed by atoms with Crippen LogP contribution in [0.15, 0.2) is 47.6 Å². The van der Waals surface area contributed by atoms with Crippen molar-refractivity contribution < 1.29 is 24.2 Å². The molecule has 2 rings (SSSR count). The van der Waals surface area contributed by atoms with Crippen LogP contribution < -0.4 is 10.2 Å². The highest BCUT2D eigenvalue weighted by atomic mass is 127. The highest BCUT2D eigenvalue weighted by Gasteiger charge is 2.08. The number of nitrogens with zero attached hydrogens (tertiary/aromatic N) is 1. The van der Waals surface area contributed by atoms with E-state index in [0.717, 1.165) is 5.56 Å². The lowest BCUT2D eigenvalue weighted by Crippen LogP contribution is -2.18. The zero-order valence-electron chi connectivity index (χ0n) is 14.8. The van der Waals surface area contributed by atoms with Gasteiger partial charge in [-0.25, -0.2) is 10.2 Å². The van der Waals surface area contributed by atoms with Crippen LogP contribution in [0, 0.1) is 3.57 Å². The molecule has 0 atom stereocenters. The summed E-state index contributed by atoms with van der Waals surface area (Å²) in [6.45, 7) is 3.38. The zero-order chi connectivity index (χ0) is 19.8. The molecule has 2 N–H and O–H groups in total. The van der Waals surface area contributed by atoms with Crippen molar-refractivity contribution in [2.24, 2.45) is 5.10 Å². The van der Waals surface area contributed by atoms with Gasteiger partial charge < -0.3 is 14.6 Å². The van der Waals surface area contributed by atoms with Crippen LogP contribution in [0.25, 0.3) is 0 Å². The van der Waals surface area contributed by atoms with E-state index >= 15 is 0 Å². The smallest absolute Gasteiger partial charge is 0.344 e. The van der Waals surface area contributed by atoms with Crippen molar-refractivity contribution in [3.8, 4) is 11.5 Å². The van der Waals surface area contributed by atoms with Gasteiger partial charge in [-0.2, -0.15) is 5.10 Å². The van der Waals surface area contributed by atoms with Gasteiger partial charge >= 0.3 is 5.97 Å². The monoisotopic (exact) mass is 482 g/mol. The van der Waals surface area contributed by atoms with E-state index in [4.69, 9.17) is 9.47 Å². The van der Waals surface area contributed by atoms with E-state index in [1.54, 1.807) is 50.2 Å². The van der Waals surface area contributed by atoms with Crippen molar-refractivity contribution >= 4 is 40.7 Å². The number of rotatable bonds is 7. The summed E-state index contributed by atoms with van der Waals surface area (Å²) in [5, 5.41) is 13.5. The molecule has 0 spiro atoms. The Morgan fingerprint density at radius 1 is 1.22 bits per heavy atom. The molecular formula is C19H19IN2O5. The number of nitrogens with one attached hydrogen (secondary N) is 1. The Bertz CT molecular complexity index is 834.